The van der Waals surface area contributed by atoms with Crippen molar-refractivity contribution in [1.29, 1.82) is 0 Å². The Kier molecular flexibility index (Phi) is 8.26. The Morgan fingerprint density at radius 2 is 1.61 bits per heavy atom. The zero-order chi connectivity index (χ0) is 24.0. The summed E-state index contributed by atoms with van der Waals surface area (Å²) in [5, 5.41) is 0. The minimum absolute atomic E-state index is 0.000492. The summed E-state index contributed by atoms with van der Waals surface area (Å²) in [5.74, 6) is 1.74. The average molecular weight is 450 g/mol. The summed E-state index contributed by atoms with van der Waals surface area (Å²) >= 11 is 0. The number of methoxy groups -OCH3 is 1. The monoisotopic (exact) mass is 449 g/mol. The Morgan fingerprint density at radius 1 is 0.970 bits per heavy atom. The van der Waals surface area contributed by atoms with E-state index in [1.165, 1.54) is 0 Å². The van der Waals surface area contributed by atoms with Gasteiger partial charge < -0.3 is 14.2 Å². The van der Waals surface area contributed by atoms with Crippen molar-refractivity contribution in [3.05, 3.63) is 59.9 Å². The summed E-state index contributed by atoms with van der Waals surface area (Å²) in [5.41, 5.74) is 1.93. The number of hydrogen-bond acceptors (Lipinski definition) is 4. The first-order chi connectivity index (χ1) is 15.8. The summed E-state index contributed by atoms with van der Waals surface area (Å²) in [6.45, 7) is 10.1. The van der Waals surface area contributed by atoms with E-state index in [0.717, 1.165) is 18.4 Å². The molecule has 1 heterocycles. The minimum atomic E-state index is -0.200. The lowest BCUT2D eigenvalue weighted by molar-refractivity contribution is -0.132. The van der Waals surface area contributed by atoms with E-state index in [9.17, 15) is 9.59 Å². The Morgan fingerprint density at radius 3 is 2.18 bits per heavy atom. The zero-order valence-electron chi connectivity index (χ0n) is 20.4. The fourth-order valence-electron chi connectivity index (χ4n) is 3.71. The van der Waals surface area contributed by atoms with Crippen LogP contribution < -0.4 is 4.74 Å². The molecule has 3 rings (SSSR count). The molecule has 2 aromatic carbocycles. The number of rotatable bonds is 11. The van der Waals surface area contributed by atoms with Crippen LogP contribution in [0.3, 0.4) is 0 Å². The number of imidazole rings is 1. The lowest BCUT2D eigenvalue weighted by Gasteiger charge is -2.25. The van der Waals surface area contributed by atoms with Gasteiger partial charge in [-0.2, -0.15) is 0 Å². The van der Waals surface area contributed by atoms with E-state index in [4.69, 9.17) is 4.74 Å². The maximum atomic E-state index is 13.5. The number of fused-ring (bicyclic) bond motifs is 1. The molecule has 0 aliphatic carbocycles. The maximum Gasteiger partial charge on any atom is 0.242 e. The molecule has 0 aliphatic rings. The van der Waals surface area contributed by atoms with Gasteiger partial charge in [-0.25, -0.2) is 4.98 Å². The van der Waals surface area contributed by atoms with Crippen LogP contribution in [0.4, 0.5) is 0 Å². The second-order valence-corrected chi connectivity index (χ2v) is 9.32. The normalized spacial score (nSPS) is 11.4. The molecule has 0 N–H and O–H groups in total. The summed E-state index contributed by atoms with van der Waals surface area (Å²) in [6, 6.07) is 14.5. The third-order valence-corrected chi connectivity index (χ3v) is 5.79. The number of ketones is 1. The average Bonchev–Trinajstić information content (AvgIpc) is 3.16. The van der Waals surface area contributed by atoms with Crippen molar-refractivity contribution in [2.45, 2.75) is 47.1 Å². The molecule has 1 amide bonds. The van der Waals surface area contributed by atoms with Crippen molar-refractivity contribution < 1.29 is 14.3 Å². The van der Waals surface area contributed by atoms with Crippen LogP contribution in [0.2, 0.25) is 0 Å². The number of amides is 1. The van der Waals surface area contributed by atoms with Crippen molar-refractivity contribution in [3.8, 4) is 5.75 Å². The molecule has 176 valence electrons. The number of carbonyl (C=O) groups excluding carboxylic acids is 2. The Hall–Kier alpha value is -3.15. The summed E-state index contributed by atoms with van der Waals surface area (Å²) < 4.78 is 7.14. The minimum Gasteiger partial charge on any atom is -0.497 e. The third-order valence-electron chi connectivity index (χ3n) is 5.79. The molecule has 0 spiro atoms. The number of benzene rings is 2. The molecule has 3 aromatic rings. The molecule has 33 heavy (non-hydrogen) atoms. The van der Waals surface area contributed by atoms with Crippen molar-refractivity contribution in [1.82, 2.24) is 14.5 Å². The first kappa shape index (κ1) is 24.5. The largest absolute Gasteiger partial charge is 0.497 e. The Labute approximate surface area is 196 Å². The second-order valence-electron chi connectivity index (χ2n) is 9.32. The van der Waals surface area contributed by atoms with Crippen LogP contribution in [-0.4, -0.2) is 46.3 Å². The molecule has 1 aromatic heterocycles. The molecular weight excluding hydrogens is 414 g/mol. The van der Waals surface area contributed by atoms with Crippen molar-refractivity contribution in [2.24, 2.45) is 11.8 Å². The SMILES string of the molecule is COc1ccc2nc(C(=O)c3ccccc3)n(CC(=O)N(CCC(C)C)CCC(C)C)c2c1. The van der Waals surface area contributed by atoms with Gasteiger partial charge in [0.05, 0.1) is 18.1 Å². The Balaban J connectivity index is 1.99. The van der Waals surface area contributed by atoms with Gasteiger partial charge in [0, 0.05) is 24.7 Å². The summed E-state index contributed by atoms with van der Waals surface area (Å²) in [4.78, 5) is 33.4. The first-order valence-electron chi connectivity index (χ1n) is 11.7. The molecule has 0 aliphatic heterocycles. The van der Waals surface area contributed by atoms with E-state index >= 15 is 0 Å². The standard InChI is InChI=1S/C27H35N3O3/c1-19(2)13-15-29(16-14-20(3)4)25(31)18-30-24-17-22(33-5)11-12-23(24)28-27(30)26(32)21-9-7-6-8-10-21/h6-12,17,19-20H,13-16,18H2,1-5H3. The highest BCUT2D eigenvalue weighted by Gasteiger charge is 2.23. The molecule has 6 heteroatoms. The predicted molar refractivity (Wildman–Crippen MR) is 132 cm³/mol. The van der Waals surface area contributed by atoms with Crippen molar-refractivity contribution >= 4 is 22.7 Å². The fraction of sp³-hybridized carbons (Fsp3) is 0.444. The van der Waals surface area contributed by atoms with Gasteiger partial charge >= 0.3 is 0 Å². The van der Waals surface area contributed by atoms with Gasteiger partial charge in [0.2, 0.25) is 11.7 Å². The molecular formula is C27H35N3O3. The summed E-state index contributed by atoms with van der Waals surface area (Å²) in [7, 11) is 1.60. The van der Waals surface area contributed by atoms with Crippen LogP contribution in [0.5, 0.6) is 5.75 Å². The van der Waals surface area contributed by atoms with Crippen molar-refractivity contribution in [3.63, 3.8) is 0 Å². The molecule has 0 saturated heterocycles. The smallest absolute Gasteiger partial charge is 0.242 e. The fourth-order valence-corrected chi connectivity index (χ4v) is 3.71. The van der Waals surface area contributed by atoms with Crippen LogP contribution in [0.15, 0.2) is 48.5 Å². The van der Waals surface area contributed by atoms with Crippen LogP contribution in [0.25, 0.3) is 11.0 Å². The van der Waals surface area contributed by atoms with Gasteiger partial charge in [0.1, 0.15) is 12.3 Å². The molecule has 0 atom stereocenters. The number of hydrogen-bond donors (Lipinski definition) is 0. The number of nitrogens with zero attached hydrogens (tertiary/aromatic N) is 3. The van der Waals surface area contributed by atoms with E-state index in [2.05, 4.69) is 32.7 Å². The van der Waals surface area contributed by atoms with E-state index in [1.807, 2.05) is 41.3 Å². The highest BCUT2D eigenvalue weighted by molar-refractivity contribution is 6.08. The van der Waals surface area contributed by atoms with Gasteiger partial charge in [-0.05, 0) is 36.8 Å². The molecule has 0 radical (unpaired) electrons. The van der Waals surface area contributed by atoms with Gasteiger partial charge in [-0.3, -0.25) is 9.59 Å². The maximum absolute atomic E-state index is 13.5. The predicted octanol–water partition coefficient (Wildman–Crippen LogP) is 5.20. The number of ether oxygens (including phenoxy) is 1. The number of aromatic nitrogens is 2. The van der Waals surface area contributed by atoms with Gasteiger partial charge in [0.15, 0.2) is 5.82 Å². The van der Waals surface area contributed by atoms with Gasteiger partial charge in [-0.15, -0.1) is 0 Å². The molecule has 0 fully saturated rings. The molecule has 0 unspecified atom stereocenters. The molecule has 6 nitrogen and oxygen atoms in total. The second kappa shape index (κ2) is 11.1. The Bertz CT molecular complexity index is 1070. The zero-order valence-corrected chi connectivity index (χ0v) is 20.4. The third kappa shape index (κ3) is 6.21. The van der Waals surface area contributed by atoms with Gasteiger partial charge in [0.25, 0.3) is 0 Å². The van der Waals surface area contributed by atoms with E-state index in [0.29, 0.717) is 41.8 Å². The molecule has 0 saturated carbocycles. The topological polar surface area (TPSA) is 64.4 Å². The highest BCUT2D eigenvalue weighted by atomic mass is 16.5. The quantitative estimate of drug-likeness (QED) is 0.378. The van der Waals surface area contributed by atoms with Crippen LogP contribution in [0, 0.1) is 11.8 Å². The van der Waals surface area contributed by atoms with Crippen LogP contribution >= 0.6 is 0 Å². The van der Waals surface area contributed by atoms with E-state index in [1.54, 1.807) is 23.8 Å². The molecule has 0 bridgehead atoms. The first-order valence-corrected chi connectivity index (χ1v) is 11.7. The summed E-state index contributed by atoms with van der Waals surface area (Å²) in [6.07, 6.45) is 1.89. The van der Waals surface area contributed by atoms with Crippen molar-refractivity contribution in [2.75, 3.05) is 20.2 Å². The van der Waals surface area contributed by atoms with E-state index in [-0.39, 0.29) is 24.1 Å². The van der Waals surface area contributed by atoms with E-state index < -0.39 is 0 Å². The van der Waals surface area contributed by atoms with Crippen LogP contribution in [0.1, 0.15) is 56.7 Å². The highest BCUT2D eigenvalue weighted by Crippen LogP contribution is 2.24. The lowest BCUT2D eigenvalue weighted by atomic mass is 10.1. The van der Waals surface area contributed by atoms with Crippen LogP contribution in [-0.2, 0) is 11.3 Å². The lowest BCUT2D eigenvalue weighted by Crippen LogP contribution is -2.37. The number of carbonyl (C=O) groups is 2. The van der Waals surface area contributed by atoms with Gasteiger partial charge in [-0.1, -0.05) is 58.0 Å².